The third-order valence-corrected chi connectivity index (χ3v) is 5.93. The lowest BCUT2D eigenvalue weighted by Crippen LogP contribution is -2.27. The van der Waals surface area contributed by atoms with Crippen molar-refractivity contribution < 1.29 is 24.0 Å². The third-order valence-electron chi connectivity index (χ3n) is 3.98. The van der Waals surface area contributed by atoms with Gasteiger partial charge in [-0.05, 0) is 30.5 Å². The first-order valence-electron chi connectivity index (χ1n) is 8.30. The third kappa shape index (κ3) is 4.99. The first-order chi connectivity index (χ1) is 12.4. The molecule has 1 aromatic carbocycles. The highest BCUT2D eigenvalue weighted by Crippen LogP contribution is 2.59. The first kappa shape index (κ1) is 20.3. The molecule has 0 radical (unpaired) electrons. The van der Waals surface area contributed by atoms with Gasteiger partial charge in [-0.25, -0.2) is 5.06 Å². The van der Waals surface area contributed by atoms with Crippen LogP contribution in [-0.4, -0.2) is 39.2 Å². The molecule has 0 saturated carbocycles. The van der Waals surface area contributed by atoms with Crippen LogP contribution in [0.25, 0.3) is 11.1 Å². The number of aromatic nitrogens is 1. The molecule has 0 fully saturated rings. The van der Waals surface area contributed by atoms with E-state index >= 15 is 0 Å². The molecular formula is C18H23N2O5P. The van der Waals surface area contributed by atoms with Gasteiger partial charge >= 0.3 is 7.60 Å². The number of carbonyl (C=O) groups excluding carboxylic acids is 1. The fourth-order valence-electron chi connectivity index (χ4n) is 2.74. The molecule has 2 rings (SSSR count). The summed E-state index contributed by atoms with van der Waals surface area (Å²) in [5, 5.41) is 10.2. The van der Waals surface area contributed by atoms with Crippen molar-refractivity contribution in [2.75, 3.05) is 13.2 Å². The average Bonchev–Trinajstić information content (AvgIpc) is 2.62. The smallest absolute Gasteiger partial charge is 0.324 e. The summed E-state index contributed by atoms with van der Waals surface area (Å²) >= 11 is 0. The van der Waals surface area contributed by atoms with E-state index < -0.39 is 19.2 Å². The Morgan fingerprint density at radius 1 is 1.31 bits per heavy atom. The normalized spacial score (nSPS) is 14.5. The summed E-state index contributed by atoms with van der Waals surface area (Å²) in [6.07, 6.45) is 3.39. The lowest BCUT2D eigenvalue weighted by atomic mass is 9.97. The van der Waals surface area contributed by atoms with Crippen LogP contribution in [0.3, 0.4) is 0 Å². The van der Waals surface area contributed by atoms with Crippen molar-refractivity contribution in [3.8, 4) is 11.1 Å². The molecule has 2 unspecified atom stereocenters. The molecule has 0 spiro atoms. The molecule has 7 nitrogen and oxygen atoms in total. The SMILES string of the molecule is CCOP(=O)(O)C(CCN(O)C(C)=O)c1ccccc1-c1cccnc1. The minimum absolute atomic E-state index is 0.0706. The van der Waals surface area contributed by atoms with E-state index in [-0.39, 0.29) is 19.6 Å². The predicted molar refractivity (Wildman–Crippen MR) is 97.7 cm³/mol. The van der Waals surface area contributed by atoms with Crippen LogP contribution in [0.2, 0.25) is 0 Å². The van der Waals surface area contributed by atoms with Crippen LogP contribution >= 0.6 is 7.60 Å². The Hall–Kier alpha value is -2.05. The summed E-state index contributed by atoms with van der Waals surface area (Å²) < 4.78 is 18.0. The van der Waals surface area contributed by atoms with E-state index in [2.05, 4.69) is 4.98 Å². The topological polar surface area (TPSA) is 100.0 Å². The van der Waals surface area contributed by atoms with E-state index in [1.54, 1.807) is 37.5 Å². The van der Waals surface area contributed by atoms with Crippen LogP contribution in [0.1, 0.15) is 31.5 Å². The van der Waals surface area contributed by atoms with Crippen molar-refractivity contribution in [3.05, 3.63) is 54.4 Å². The van der Waals surface area contributed by atoms with E-state index in [9.17, 15) is 19.5 Å². The molecule has 1 heterocycles. The quantitative estimate of drug-likeness (QED) is 0.413. The second kappa shape index (κ2) is 9.05. The number of nitrogens with zero attached hydrogens (tertiary/aromatic N) is 2. The summed E-state index contributed by atoms with van der Waals surface area (Å²) in [6, 6.07) is 10.8. The minimum Gasteiger partial charge on any atom is -0.324 e. The molecule has 2 atom stereocenters. The average molecular weight is 378 g/mol. The molecule has 140 valence electrons. The zero-order valence-electron chi connectivity index (χ0n) is 14.8. The summed E-state index contributed by atoms with van der Waals surface area (Å²) in [4.78, 5) is 25.8. The number of pyridine rings is 1. The maximum atomic E-state index is 12.8. The summed E-state index contributed by atoms with van der Waals surface area (Å²) in [6.45, 7) is 2.86. The number of hydrogen-bond donors (Lipinski definition) is 2. The van der Waals surface area contributed by atoms with E-state index in [4.69, 9.17) is 4.52 Å². The Labute approximate surface area is 152 Å². The van der Waals surface area contributed by atoms with Crippen LogP contribution in [0, 0.1) is 0 Å². The summed E-state index contributed by atoms with van der Waals surface area (Å²) in [5.41, 5.74) is 1.27. The molecule has 0 aliphatic rings. The van der Waals surface area contributed by atoms with Gasteiger partial charge in [0, 0.05) is 31.4 Å². The second-order valence-corrected chi connectivity index (χ2v) is 7.77. The zero-order chi connectivity index (χ0) is 19.2. The molecule has 0 saturated heterocycles. The van der Waals surface area contributed by atoms with Gasteiger partial charge in [0.25, 0.3) is 0 Å². The highest BCUT2D eigenvalue weighted by molar-refractivity contribution is 7.53. The number of amides is 1. The molecular weight excluding hydrogens is 355 g/mol. The van der Waals surface area contributed by atoms with Crippen LogP contribution in [0.4, 0.5) is 0 Å². The van der Waals surface area contributed by atoms with Gasteiger partial charge in [-0.2, -0.15) is 0 Å². The van der Waals surface area contributed by atoms with Gasteiger partial charge in [0.05, 0.1) is 12.3 Å². The van der Waals surface area contributed by atoms with Crippen LogP contribution in [0.5, 0.6) is 0 Å². The molecule has 2 aromatic rings. The summed E-state index contributed by atoms with van der Waals surface area (Å²) in [7, 11) is -4.03. The van der Waals surface area contributed by atoms with Gasteiger partial charge < -0.3 is 9.42 Å². The summed E-state index contributed by atoms with van der Waals surface area (Å²) in [5.74, 6) is -0.534. The lowest BCUT2D eigenvalue weighted by molar-refractivity contribution is -0.162. The number of carbonyl (C=O) groups is 1. The number of hydrogen-bond acceptors (Lipinski definition) is 5. The van der Waals surface area contributed by atoms with Crippen molar-refractivity contribution in [3.63, 3.8) is 0 Å². The highest BCUT2D eigenvalue weighted by Gasteiger charge is 2.35. The van der Waals surface area contributed by atoms with Gasteiger partial charge in [-0.3, -0.25) is 19.6 Å². The van der Waals surface area contributed by atoms with Crippen LogP contribution in [0.15, 0.2) is 48.8 Å². The second-order valence-electron chi connectivity index (χ2n) is 5.76. The van der Waals surface area contributed by atoms with Crippen molar-refractivity contribution in [1.82, 2.24) is 10.0 Å². The number of hydroxylamine groups is 2. The molecule has 2 N–H and O–H groups in total. The first-order valence-corrected chi connectivity index (χ1v) is 9.94. The lowest BCUT2D eigenvalue weighted by Gasteiger charge is -2.26. The van der Waals surface area contributed by atoms with Crippen molar-refractivity contribution in [2.45, 2.75) is 25.9 Å². The fourth-order valence-corrected chi connectivity index (χ4v) is 4.31. The molecule has 1 aromatic heterocycles. The number of benzene rings is 1. The van der Waals surface area contributed by atoms with Crippen molar-refractivity contribution in [2.24, 2.45) is 0 Å². The Bertz CT molecular complexity index is 784. The van der Waals surface area contributed by atoms with E-state index in [0.29, 0.717) is 10.6 Å². The molecule has 0 aliphatic heterocycles. The Morgan fingerprint density at radius 3 is 2.65 bits per heavy atom. The standard InChI is InChI=1S/C18H23N2O5P/c1-3-25-26(23,24)18(10-12-20(22)14(2)21)17-9-5-4-8-16(17)15-7-6-11-19-13-15/h4-9,11,13,18,22H,3,10,12H2,1-2H3,(H,23,24). The van der Waals surface area contributed by atoms with Gasteiger partial charge in [-0.1, -0.05) is 30.3 Å². The largest absolute Gasteiger partial charge is 0.335 e. The highest BCUT2D eigenvalue weighted by atomic mass is 31.2. The van der Waals surface area contributed by atoms with Gasteiger partial charge in [0.1, 0.15) is 0 Å². The molecule has 1 amide bonds. The fraction of sp³-hybridized carbons (Fsp3) is 0.333. The van der Waals surface area contributed by atoms with Crippen molar-refractivity contribution in [1.29, 1.82) is 0 Å². The minimum atomic E-state index is -4.03. The van der Waals surface area contributed by atoms with Gasteiger partial charge in [0.2, 0.25) is 5.91 Å². The van der Waals surface area contributed by atoms with Crippen LogP contribution < -0.4 is 0 Å². The molecule has 0 bridgehead atoms. The molecule has 26 heavy (non-hydrogen) atoms. The van der Waals surface area contributed by atoms with E-state index in [1.165, 1.54) is 6.92 Å². The Kier molecular flexibility index (Phi) is 7.06. The van der Waals surface area contributed by atoms with E-state index in [0.717, 1.165) is 11.1 Å². The zero-order valence-corrected chi connectivity index (χ0v) is 15.7. The maximum Gasteiger partial charge on any atom is 0.335 e. The Balaban J connectivity index is 2.46. The predicted octanol–water partition coefficient (Wildman–Crippen LogP) is 3.64. The van der Waals surface area contributed by atoms with E-state index in [1.807, 2.05) is 18.2 Å². The molecule has 8 heteroatoms. The van der Waals surface area contributed by atoms with Crippen molar-refractivity contribution >= 4 is 13.5 Å². The number of rotatable bonds is 8. The Morgan fingerprint density at radius 2 is 2.04 bits per heavy atom. The monoisotopic (exact) mass is 378 g/mol. The molecule has 0 aliphatic carbocycles. The van der Waals surface area contributed by atoms with Gasteiger partial charge in [-0.15, -0.1) is 0 Å². The van der Waals surface area contributed by atoms with Crippen LogP contribution in [-0.2, 0) is 13.9 Å². The van der Waals surface area contributed by atoms with Gasteiger partial charge in [0.15, 0.2) is 0 Å². The maximum absolute atomic E-state index is 12.8.